The Bertz CT molecular complexity index is 846. The summed E-state index contributed by atoms with van der Waals surface area (Å²) in [6, 6.07) is 14.3. The number of methoxy groups -OCH3 is 2. The van der Waals surface area contributed by atoms with E-state index in [4.69, 9.17) is 9.47 Å². The fourth-order valence-corrected chi connectivity index (χ4v) is 4.62. The van der Waals surface area contributed by atoms with Crippen LogP contribution >= 0.6 is 0 Å². The van der Waals surface area contributed by atoms with E-state index >= 15 is 0 Å². The quantitative estimate of drug-likeness (QED) is 0.836. The lowest BCUT2D eigenvalue weighted by Gasteiger charge is -2.41. The molecule has 0 saturated carbocycles. The number of carbonyl (C=O) groups excluding carboxylic acids is 1. The van der Waals surface area contributed by atoms with Gasteiger partial charge in [0.15, 0.2) is 11.5 Å². The second-order valence-electron chi connectivity index (χ2n) is 7.68. The number of carbonyl (C=O) groups is 1. The Morgan fingerprint density at radius 2 is 1.71 bits per heavy atom. The van der Waals surface area contributed by atoms with Gasteiger partial charge in [-0.15, -0.1) is 0 Å². The minimum atomic E-state index is -0.285. The van der Waals surface area contributed by atoms with Crippen molar-refractivity contribution in [2.75, 3.05) is 40.4 Å². The molecular weight excluding hydrogens is 352 g/mol. The highest BCUT2D eigenvalue weighted by molar-refractivity contribution is 5.98. The molecule has 28 heavy (non-hydrogen) atoms. The van der Waals surface area contributed by atoms with Crippen LogP contribution in [0.1, 0.15) is 40.7 Å². The van der Waals surface area contributed by atoms with Crippen molar-refractivity contribution in [2.45, 2.75) is 24.7 Å². The second kappa shape index (κ2) is 7.84. The standard InChI is InChI=1S/C23H28N2O3/c1-27-20-14-18-19(15-21(20)28-2)23(16-24-22(18)26,17-8-4-3-5-9-17)10-13-25-11-6-7-12-25/h3-5,8-9,14-15H,6-7,10-13,16H2,1-2H3,(H,24,26). The van der Waals surface area contributed by atoms with Crippen molar-refractivity contribution in [3.05, 3.63) is 59.2 Å². The van der Waals surface area contributed by atoms with Crippen LogP contribution in [0.2, 0.25) is 0 Å². The maximum Gasteiger partial charge on any atom is 0.251 e. The molecule has 1 atom stereocenters. The first kappa shape index (κ1) is 18.8. The van der Waals surface area contributed by atoms with Gasteiger partial charge in [0.2, 0.25) is 0 Å². The highest BCUT2D eigenvalue weighted by atomic mass is 16.5. The Hall–Kier alpha value is -2.53. The summed E-state index contributed by atoms with van der Waals surface area (Å²) in [7, 11) is 3.24. The van der Waals surface area contributed by atoms with Crippen molar-refractivity contribution in [3.8, 4) is 11.5 Å². The van der Waals surface area contributed by atoms with Crippen LogP contribution in [-0.4, -0.2) is 51.2 Å². The first-order valence-electron chi connectivity index (χ1n) is 10.0. The number of fused-ring (bicyclic) bond motifs is 1. The Morgan fingerprint density at radius 1 is 1.04 bits per heavy atom. The molecule has 0 radical (unpaired) electrons. The number of benzene rings is 2. The van der Waals surface area contributed by atoms with Gasteiger partial charge in [0.1, 0.15) is 0 Å². The lowest BCUT2D eigenvalue weighted by molar-refractivity contribution is 0.0926. The van der Waals surface area contributed by atoms with Crippen LogP contribution < -0.4 is 14.8 Å². The average molecular weight is 380 g/mol. The van der Waals surface area contributed by atoms with E-state index in [1.165, 1.54) is 18.4 Å². The first-order chi connectivity index (χ1) is 13.7. The second-order valence-corrected chi connectivity index (χ2v) is 7.68. The monoisotopic (exact) mass is 380 g/mol. The number of nitrogens with one attached hydrogen (secondary N) is 1. The van der Waals surface area contributed by atoms with Crippen LogP contribution in [-0.2, 0) is 5.41 Å². The van der Waals surface area contributed by atoms with E-state index in [9.17, 15) is 4.79 Å². The molecule has 2 aliphatic rings. The summed E-state index contributed by atoms with van der Waals surface area (Å²) in [5.41, 5.74) is 2.64. The van der Waals surface area contributed by atoms with Crippen LogP contribution in [0.3, 0.4) is 0 Å². The van der Waals surface area contributed by atoms with Crippen molar-refractivity contribution in [3.63, 3.8) is 0 Å². The molecule has 2 aromatic carbocycles. The van der Waals surface area contributed by atoms with E-state index in [2.05, 4.69) is 34.5 Å². The predicted molar refractivity (Wildman–Crippen MR) is 109 cm³/mol. The number of likely N-dealkylation sites (tertiary alicyclic amines) is 1. The number of amides is 1. The number of hydrogen-bond acceptors (Lipinski definition) is 4. The molecule has 1 fully saturated rings. The summed E-state index contributed by atoms with van der Waals surface area (Å²) in [5, 5.41) is 3.14. The maximum atomic E-state index is 12.7. The molecule has 148 valence electrons. The zero-order valence-electron chi connectivity index (χ0n) is 16.7. The number of rotatable bonds is 6. The molecule has 2 heterocycles. The van der Waals surface area contributed by atoms with Crippen LogP contribution in [0, 0.1) is 0 Å². The molecule has 0 aliphatic carbocycles. The van der Waals surface area contributed by atoms with E-state index in [0.717, 1.165) is 31.6 Å². The van der Waals surface area contributed by atoms with Crippen molar-refractivity contribution in [1.82, 2.24) is 10.2 Å². The Kier molecular flexibility index (Phi) is 5.27. The van der Waals surface area contributed by atoms with E-state index in [1.807, 2.05) is 18.2 Å². The molecule has 4 rings (SSSR count). The Morgan fingerprint density at radius 3 is 2.39 bits per heavy atom. The minimum Gasteiger partial charge on any atom is -0.493 e. The molecule has 0 spiro atoms. The molecule has 0 aromatic heterocycles. The molecule has 2 aliphatic heterocycles. The van der Waals surface area contributed by atoms with Gasteiger partial charge < -0.3 is 19.7 Å². The normalized spacial score (nSPS) is 21.9. The maximum absolute atomic E-state index is 12.7. The van der Waals surface area contributed by atoms with Crippen LogP contribution in [0.25, 0.3) is 0 Å². The van der Waals surface area contributed by atoms with E-state index in [-0.39, 0.29) is 11.3 Å². The summed E-state index contributed by atoms with van der Waals surface area (Å²) in [4.78, 5) is 15.2. The van der Waals surface area contributed by atoms with Crippen LogP contribution in [0.4, 0.5) is 0 Å². The molecule has 1 saturated heterocycles. The summed E-state index contributed by atoms with van der Waals surface area (Å²) in [6.07, 6.45) is 3.49. The van der Waals surface area contributed by atoms with Crippen LogP contribution in [0.5, 0.6) is 11.5 Å². The summed E-state index contributed by atoms with van der Waals surface area (Å²) < 4.78 is 11.0. The van der Waals surface area contributed by atoms with Crippen molar-refractivity contribution >= 4 is 5.91 Å². The topological polar surface area (TPSA) is 50.8 Å². The summed E-state index contributed by atoms with van der Waals surface area (Å²) in [5.74, 6) is 1.20. The molecule has 1 N–H and O–H groups in total. The van der Waals surface area contributed by atoms with E-state index < -0.39 is 0 Å². The Balaban J connectivity index is 1.84. The largest absolute Gasteiger partial charge is 0.493 e. The molecular formula is C23H28N2O3. The van der Waals surface area contributed by atoms with Crippen LogP contribution in [0.15, 0.2) is 42.5 Å². The fraction of sp³-hybridized carbons (Fsp3) is 0.435. The molecule has 5 heteroatoms. The fourth-order valence-electron chi connectivity index (χ4n) is 4.62. The molecule has 1 unspecified atom stereocenters. The molecule has 1 amide bonds. The SMILES string of the molecule is COc1cc2c(cc1OC)C(CCN1CCCC1)(c1ccccc1)CNC2=O. The first-order valence-corrected chi connectivity index (χ1v) is 10.0. The average Bonchev–Trinajstić information content (AvgIpc) is 3.27. The third-order valence-electron chi connectivity index (χ3n) is 6.21. The van der Waals surface area contributed by atoms with Gasteiger partial charge in [0.05, 0.1) is 14.2 Å². The van der Waals surface area contributed by atoms with Gasteiger partial charge in [-0.2, -0.15) is 0 Å². The highest BCUT2D eigenvalue weighted by Gasteiger charge is 2.42. The third-order valence-corrected chi connectivity index (χ3v) is 6.21. The minimum absolute atomic E-state index is 0.0521. The molecule has 0 bridgehead atoms. The van der Waals surface area contributed by atoms with Gasteiger partial charge in [-0.3, -0.25) is 4.79 Å². The smallest absolute Gasteiger partial charge is 0.251 e. The summed E-state index contributed by atoms with van der Waals surface area (Å²) >= 11 is 0. The summed E-state index contributed by atoms with van der Waals surface area (Å²) in [6.45, 7) is 3.93. The van der Waals surface area contributed by atoms with Crippen molar-refractivity contribution < 1.29 is 14.3 Å². The number of ether oxygens (including phenoxy) is 2. The predicted octanol–water partition coefficient (Wildman–Crippen LogP) is 3.22. The lowest BCUT2D eigenvalue weighted by atomic mass is 9.68. The van der Waals surface area contributed by atoms with Gasteiger partial charge in [0.25, 0.3) is 5.91 Å². The zero-order chi connectivity index (χ0) is 19.6. The van der Waals surface area contributed by atoms with E-state index in [0.29, 0.717) is 23.6 Å². The molecule has 2 aromatic rings. The van der Waals surface area contributed by atoms with Gasteiger partial charge >= 0.3 is 0 Å². The van der Waals surface area contributed by atoms with E-state index in [1.54, 1.807) is 14.2 Å². The molecule has 5 nitrogen and oxygen atoms in total. The van der Waals surface area contributed by atoms with Gasteiger partial charge in [-0.05, 0) is 62.2 Å². The van der Waals surface area contributed by atoms with Crippen molar-refractivity contribution in [1.29, 1.82) is 0 Å². The number of hydrogen-bond donors (Lipinski definition) is 1. The van der Waals surface area contributed by atoms with Crippen molar-refractivity contribution in [2.24, 2.45) is 0 Å². The van der Waals surface area contributed by atoms with Gasteiger partial charge in [-0.1, -0.05) is 30.3 Å². The third kappa shape index (κ3) is 3.24. The van der Waals surface area contributed by atoms with Gasteiger partial charge in [-0.25, -0.2) is 0 Å². The Labute approximate surface area is 166 Å². The highest BCUT2D eigenvalue weighted by Crippen LogP contribution is 2.44. The van der Waals surface area contributed by atoms with Gasteiger partial charge in [0, 0.05) is 17.5 Å². The number of nitrogens with zero attached hydrogens (tertiary/aromatic N) is 1. The zero-order valence-corrected chi connectivity index (χ0v) is 16.7. The lowest BCUT2D eigenvalue weighted by Crippen LogP contribution is -2.49.